The van der Waals surface area contributed by atoms with Gasteiger partial charge in [0.15, 0.2) is 0 Å². The first-order valence-electron chi connectivity index (χ1n) is 7.98. The van der Waals surface area contributed by atoms with Crippen LogP contribution in [0.5, 0.6) is 0 Å². The first kappa shape index (κ1) is 11.8. The van der Waals surface area contributed by atoms with E-state index in [2.05, 4.69) is 28.4 Å². The minimum Gasteiger partial charge on any atom is -0.371 e. The van der Waals surface area contributed by atoms with Crippen LogP contribution in [0.3, 0.4) is 0 Å². The zero-order chi connectivity index (χ0) is 12.7. The number of anilines is 1. The quantitative estimate of drug-likeness (QED) is 0.891. The Kier molecular flexibility index (Phi) is 2.99. The SMILES string of the molecule is c1cc2c(cc1N1CCC(CNC3CC3)C1)CCC2. The van der Waals surface area contributed by atoms with Gasteiger partial charge in [0.2, 0.25) is 0 Å². The molecule has 0 spiro atoms. The second kappa shape index (κ2) is 4.82. The largest absolute Gasteiger partial charge is 0.371 e. The van der Waals surface area contributed by atoms with Crippen LogP contribution < -0.4 is 10.2 Å². The summed E-state index contributed by atoms with van der Waals surface area (Å²) in [5.41, 5.74) is 4.67. The third-order valence-electron chi connectivity index (χ3n) is 5.01. The molecule has 0 aromatic heterocycles. The number of hydrogen-bond acceptors (Lipinski definition) is 2. The Labute approximate surface area is 116 Å². The number of rotatable bonds is 4. The lowest BCUT2D eigenvalue weighted by Gasteiger charge is -2.20. The number of benzene rings is 1. The van der Waals surface area contributed by atoms with E-state index < -0.39 is 0 Å². The summed E-state index contributed by atoms with van der Waals surface area (Å²) in [6.45, 7) is 3.72. The number of hydrogen-bond donors (Lipinski definition) is 1. The zero-order valence-corrected chi connectivity index (χ0v) is 11.7. The van der Waals surface area contributed by atoms with Gasteiger partial charge in [-0.25, -0.2) is 0 Å². The molecule has 1 saturated heterocycles. The molecule has 4 rings (SSSR count). The van der Waals surface area contributed by atoms with Crippen molar-refractivity contribution in [2.75, 3.05) is 24.5 Å². The van der Waals surface area contributed by atoms with Crippen LogP contribution in [-0.2, 0) is 12.8 Å². The highest BCUT2D eigenvalue weighted by atomic mass is 15.2. The predicted molar refractivity (Wildman–Crippen MR) is 79.8 cm³/mol. The van der Waals surface area contributed by atoms with Gasteiger partial charge < -0.3 is 10.2 Å². The number of fused-ring (bicyclic) bond motifs is 1. The normalized spacial score (nSPS) is 25.9. The number of aryl methyl sites for hydroxylation is 2. The summed E-state index contributed by atoms with van der Waals surface area (Å²) < 4.78 is 0. The average Bonchev–Trinajstić information content (AvgIpc) is 2.96. The van der Waals surface area contributed by atoms with E-state index in [4.69, 9.17) is 0 Å². The Morgan fingerprint density at radius 2 is 2.00 bits per heavy atom. The molecule has 2 heteroatoms. The molecule has 19 heavy (non-hydrogen) atoms. The molecule has 2 nitrogen and oxygen atoms in total. The molecule has 0 bridgehead atoms. The molecular formula is C17H24N2. The Bertz CT molecular complexity index is 464. The molecule has 1 atom stereocenters. The first-order valence-corrected chi connectivity index (χ1v) is 7.98. The molecule has 2 fully saturated rings. The van der Waals surface area contributed by atoms with Crippen molar-refractivity contribution in [3.05, 3.63) is 29.3 Å². The standard InChI is InChI=1S/C17H24N2/c1-2-14-4-7-17(10-15(14)3-1)19-9-8-13(12-19)11-18-16-5-6-16/h4,7,10,13,16,18H,1-3,5-6,8-9,11-12H2. The molecule has 1 N–H and O–H groups in total. The molecule has 1 aromatic carbocycles. The molecule has 1 aliphatic heterocycles. The van der Waals surface area contributed by atoms with Crippen molar-refractivity contribution in [1.82, 2.24) is 5.32 Å². The van der Waals surface area contributed by atoms with Crippen molar-refractivity contribution in [2.24, 2.45) is 5.92 Å². The van der Waals surface area contributed by atoms with Crippen LogP contribution in [0, 0.1) is 5.92 Å². The molecular weight excluding hydrogens is 232 g/mol. The Balaban J connectivity index is 1.39. The molecule has 102 valence electrons. The minimum absolute atomic E-state index is 0.855. The van der Waals surface area contributed by atoms with Crippen LogP contribution in [-0.4, -0.2) is 25.7 Å². The van der Waals surface area contributed by atoms with E-state index in [1.165, 1.54) is 63.8 Å². The van der Waals surface area contributed by atoms with Crippen LogP contribution in [0.2, 0.25) is 0 Å². The second-order valence-corrected chi connectivity index (χ2v) is 6.59. The van der Waals surface area contributed by atoms with Gasteiger partial charge in [0.1, 0.15) is 0 Å². The van der Waals surface area contributed by atoms with Gasteiger partial charge in [-0.2, -0.15) is 0 Å². The highest BCUT2D eigenvalue weighted by Crippen LogP contribution is 2.30. The molecule has 3 aliphatic rings. The van der Waals surface area contributed by atoms with Crippen LogP contribution in [0.4, 0.5) is 5.69 Å². The van der Waals surface area contributed by atoms with Crippen molar-refractivity contribution in [2.45, 2.75) is 44.6 Å². The Morgan fingerprint density at radius 1 is 1.11 bits per heavy atom. The second-order valence-electron chi connectivity index (χ2n) is 6.59. The molecule has 0 amide bonds. The van der Waals surface area contributed by atoms with E-state index in [-0.39, 0.29) is 0 Å². The van der Waals surface area contributed by atoms with Crippen LogP contribution in [0.25, 0.3) is 0 Å². The summed E-state index contributed by atoms with van der Waals surface area (Å²) >= 11 is 0. The topological polar surface area (TPSA) is 15.3 Å². The average molecular weight is 256 g/mol. The van der Waals surface area contributed by atoms with Gasteiger partial charge in [-0.15, -0.1) is 0 Å². The monoisotopic (exact) mass is 256 g/mol. The summed E-state index contributed by atoms with van der Waals surface area (Å²) in [4.78, 5) is 2.60. The molecule has 1 heterocycles. The number of nitrogens with zero attached hydrogens (tertiary/aromatic N) is 1. The molecule has 1 saturated carbocycles. The Morgan fingerprint density at radius 3 is 2.89 bits per heavy atom. The first-order chi connectivity index (χ1) is 9.38. The van der Waals surface area contributed by atoms with Crippen molar-refractivity contribution < 1.29 is 0 Å². The fourth-order valence-electron chi connectivity index (χ4n) is 3.61. The fourth-order valence-corrected chi connectivity index (χ4v) is 3.61. The van der Waals surface area contributed by atoms with Gasteiger partial charge >= 0.3 is 0 Å². The van der Waals surface area contributed by atoms with Gasteiger partial charge in [0.05, 0.1) is 0 Å². The molecule has 0 radical (unpaired) electrons. The predicted octanol–water partition coefficient (Wildman–Crippen LogP) is 2.75. The van der Waals surface area contributed by atoms with Crippen LogP contribution in [0.1, 0.15) is 36.8 Å². The van der Waals surface area contributed by atoms with Gasteiger partial charge in [-0.1, -0.05) is 6.07 Å². The van der Waals surface area contributed by atoms with E-state index >= 15 is 0 Å². The van der Waals surface area contributed by atoms with Gasteiger partial charge in [0, 0.05) is 24.8 Å². The van der Waals surface area contributed by atoms with Crippen molar-refractivity contribution in [3.8, 4) is 0 Å². The lowest BCUT2D eigenvalue weighted by Crippen LogP contribution is -2.27. The zero-order valence-electron chi connectivity index (χ0n) is 11.7. The van der Waals surface area contributed by atoms with Crippen LogP contribution >= 0.6 is 0 Å². The van der Waals surface area contributed by atoms with Crippen molar-refractivity contribution in [1.29, 1.82) is 0 Å². The fraction of sp³-hybridized carbons (Fsp3) is 0.647. The van der Waals surface area contributed by atoms with Gasteiger partial charge in [0.25, 0.3) is 0 Å². The summed E-state index contributed by atoms with van der Waals surface area (Å²) in [5.74, 6) is 0.855. The van der Waals surface area contributed by atoms with E-state index in [1.807, 2.05) is 0 Å². The highest BCUT2D eigenvalue weighted by Gasteiger charge is 2.26. The smallest absolute Gasteiger partial charge is 0.0369 e. The summed E-state index contributed by atoms with van der Waals surface area (Å²) in [6, 6.07) is 8.03. The summed E-state index contributed by atoms with van der Waals surface area (Å²) in [7, 11) is 0. The maximum Gasteiger partial charge on any atom is 0.0369 e. The Hall–Kier alpha value is -1.02. The van der Waals surface area contributed by atoms with Crippen molar-refractivity contribution >= 4 is 5.69 Å². The lowest BCUT2D eigenvalue weighted by atomic mass is 10.1. The van der Waals surface area contributed by atoms with E-state index in [0.717, 1.165) is 12.0 Å². The lowest BCUT2D eigenvalue weighted by molar-refractivity contribution is 0.515. The summed E-state index contributed by atoms with van der Waals surface area (Å²) in [6.07, 6.45) is 8.11. The maximum atomic E-state index is 3.69. The summed E-state index contributed by atoms with van der Waals surface area (Å²) in [5, 5.41) is 3.69. The molecule has 2 aliphatic carbocycles. The van der Waals surface area contributed by atoms with Gasteiger partial charge in [-0.3, -0.25) is 0 Å². The van der Waals surface area contributed by atoms with E-state index in [1.54, 1.807) is 11.1 Å². The highest BCUT2D eigenvalue weighted by molar-refractivity contribution is 5.53. The van der Waals surface area contributed by atoms with Crippen molar-refractivity contribution in [3.63, 3.8) is 0 Å². The van der Waals surface area contributed by atoms with Crippen LogP contribution in [0.15, 0.2) is 18.2 Å². The minimum atomic E-state index is 0.855. The van der Waals surface area contributed by atoms with E-state index in [9.17, 15) is 0 Å². The maximum absolute atomic E-state index is 3.69. The number of nitrogens with one attached hydrogen (secondary N) is 1. The third kappa shape index (κ3) is 2.51. The van der Waals surface area contributed by atoms with E-state index in [0.29, 0.717) is 0 Å². The van der Waals surface area contributed by atoms with Gasteiger partial charge in [-0.05, 0) is 74.2 Å². The third-order valence-corrected chi connectivity index (χ3v) is 5.01. The molecule has 1 aromatic rings. The molecule has 1 unspecified atom stereocenters.